The van der Waals surface area contributed by atoms with E-state index in [1.807, 2.05) is 0 Å². The fraction of sp³-hybridized carbons (Fsp3) is 0.600. The van der Waals surface area contributed by atoms with Crippen LogP contribution in [0, 0.1) is 12.8 Å². The third-order valence-corrected chi connectivity index (χ3v) is 4.35. The van der Waals surface area contributed by atoms with Crippen molar-refractivity contribution in [3.63, 3.8) is 0 Å². The molecule has 2 atom stereocenters. The van der Waals surface area contributed by atoms with E-state index in [2.05, 4.69) is 43.4 Å². The van der Waals surface area contributed by atoms with E-state index >= 15 is 0 Å². The Hall–Kier alpha value is -0.820. The van der Waals surface area contributed by atoms with Crippen molar-refractivity contribution in [3.05, 3.63) is 35.4 Å². The molecule has 3 rings (SSSR count). The van der Waals surface area contributed by atoms with Gasteiger partial charge in [-0.15, -0.1) is 0 Å². The standard InChI is InChI=1S/C15H21N/c1-11-3-5-12(6-4-11)15(2)9-13(15)10-16-14-7-8-14/h3-6,13-14,16H,7-10H2,1-2H3. The minimum absolute atomic E-state index is 0.454. The van der Waals surface area contributed by atoms with Gasteiger partial charge in [0.25, 0.3) is 0 Å². The highest BCUT2D eigenvalue weighted by atomic mass is 15.0. The van der Waals surface area contributed by atoms with Crippen LogP contribution in [0.3, 0.4) is 0 Å². The molecule has 0 aromatic heterocycles. The lowest BCUT2D eigenvalue weighted by molar-refractivity contribution is 0.576. The zero-order chi connectivity index (χ0) is 11.2. The summed E-state index contributed by atoms with van der Waals surface area (Å²) in [6, 6.07) is 9.95. The minimum Gasteiger partial charge on any atom is -0.314 e. The molecular weight excluding hydrogens is 194 g/mol. The first-order chi connectivity index (χ1) is 7.68. The van der Waals surface area contributed by atoms with Crippen LogP contribution in [0.25, 0.3) is 0 Å². The predicted octanol–water partition coefficient (Wildman–Crippen LogP) is 3.02. The summed E-state index contributed by atoms with van der Waals surface area (Å²) in [5.74, 6) is 0.857. The second kappa shape index (κ2) is 3.59. The topological polar surface area (TPSA) is 12.0 Å². The first-order valence-corrected chi connectivity index (χ1v) is 6.49. The first-order valence-electron chi connectivity index (χ1n) is 6.49. The molecule has 0 amide bonds. The maximum absolute atomic E-state index is 3.65. The molecule has 0 radical (unpaired) electrons. The van der Waals surface area contributed by atoms with Crippen molar-refractivity contribution in [2.75, 3.05) is 6.54 Å². The van der Waals surface area contributed by atoms with Gasteiger partial charge in [-0.2, -0.15) is 0 Å². The molecule has 1 N–H and O–H groups in total. The van der Waals surface area contributed by atoms with Crippen LogP contribution in [0.5, 0.6) is 0 Å². The number of rotatable bonds is 4. The van der Waals surface area contributed by atoms with E-state index in [-0.39, 0.29) is 0 Å². The van der Waals surface area contributed by atoms with Crippen molar-refractivity contribution in [2.45, 2.75) is 44.6 Å². The van der Waals surface area contributed by atoms with Crippen LogP contribution in [0.4, 0.5) is 0 Å². The summed E-state index contributed by atoms with van der Waals surface area (Å²) in [5, 5.41) is 3.65. The van der Waals surface area contributed by atoms with E-state index in [9.17, 15) is 0 Å². The van der Waals surface area contributed by atoms with Gasteiger partial charge in [0.1, 0.15) is 0 Å². The van der Waals surface area contributed by atoms with Gasteiger partial charge in [-0.1, -0.05) is 36.8 Å². The van der Waals surface area contributed by atoms with Gasteiger partial charge in [-0.05, 0) is 49.6 Å². The summed E-state index contributed by atoms with van der Waals surface area (Å²) in [6.07, 6.45) is 4.15. The molecule has 2 aliphatic carbocycles. The molecule has 0 saturated heterocycles. The van der Waals surface area contributed by atoms with Gasteiger partial charge in [0.2, 0.25) is 0 Å². The van der Waals surface area contributed by atoms with E-state index in [0.29, 0.717) is 5.41 Å². The highest BCUT2D eigenvalue weighted by Gasteiger charge is 2.50. The molecule has 1 nitrogen and oxygen atoms in total. The first kappa shape index (κ1) is 10.3. The lowest BCUT2D eigenvalue weighted by atomic mass is 9.94. The third-order valence-electron chi connectivity index (χ3n) is 4.35. The van der Waals surface area contributed by atoms with Crippen molar-refractivity contribution >= 4 is 0 Å². The Kier molecular flexibility index (Phi) is 2.32. The van der Waals surface area contributed by atoms with Crippen LogP contribution >= 0.6 is 0 Å². The average Bonchev–Trinajstić information content (AvgIpc) is 3.14. The molecule has 0 aliphatic heterocycles. The molecule has 0 heterocycles. The van der Waals surface area contributed by atoms with Gasteiger partial charge in [-0.3, -0.25) is 0 Å². The van der Waals surface area contributed by atoms with Crippen molar-refractivity contribution in [2.24, 2.45) is 5.92 Å². The van der Waals surface area contributed by atoms with Crippen LogP contribution in [0.2, 0.25) is 0 Å². The van der Waals surface area contributed by atoms with Crippen molar-refractivity contribution < 1.29 is 0 Å². The number of hydrogen-bond acceptors (Lipinski definition) is 1. The number of hydrogen-bond donors (Lipinski definition) is 1. The summed E-state index contributed by atoms with van der Waals surface area (Å²) < 4.78 is 0. The Balaban J connectivity index is 1.63. The maximum atomic E-state index is 3.65. The monoisotopic (exact) mass is 215 g/mol. The lowest BCUT2D eigenvalue weighted by Gasteiger charge is -2.12. The third kappa shape index (κ3) is 1.89. The summed E-state index contributed by atoms with van der Waals surface area (Å²) in [5.41, 5.74) is 3.34. The van der Waals surface area contributed by atoms with Crippen molar-refractivity contribution in [1.82, 2.24) is 5.32 Å². The summed E-state index contributed by atoms with van der Waals surface area (Å²) in [4.78, 5) is 0. The van der Waals surface area contributed by atoms with Crippen LogP contribution in [0.15, 0.2) is 24.3 Å². The molecule has 0 spiro atoms. The lowest BCUT2D eigenvalue weighted by Crippen LogP contribution is -2.22. The highest BCUT2D eigenvalue weighted by molar-refractivity contribution is 5.34. The molecule has 2 aliphatic rings. The average molecular weight is 215 g/mol. The largest absolute Gasteiger partial charge is 0.314 e. The summed E-state index contributed by atoms with van der Waals surface area (Å²) >= 11 is 0. The quantitative estimate of drug-likeness (QED) is 0.814. The fourth-order valence-corrected chi connectivity index (χ4v) is 2.63. The molecule has 86 valence electrons. The minimum atomic E-state index is 0.454. The van der Waals surface area contributed by atoms with E-state index in [1.165, 1.54) is 36.9 Å². The van der Waals surface area contributed by atoms with Gasteiger partial charge in [-0.25, -0.2) is 0 Å². The van der Waals surface area contributed by atoms with Crippen molar-refractivity contribution in [1.29, 1.82) is 0 Å². The van der Waals surface area contributed by atoms with Crippen LogP contribution in [-0.4, -0.2) is 12.6 Å². The van der Waals surface area contributed by atoms with Gasteiger partial charge in [0, 0.05) is 6.04 Å². The smallest absolute Gasteiger partial charge is 0.00683 e. The maximum Gasteiger partial charge on any atom is 0.00683 e. The molecule has 2 fully saturated rings. The molecule has 1 aromatic rings. The number of benzene rings is 1. The zero-order valence-electron chi connectivity index (χ0n) is 10.3. The molecule has 0 bridgehead atoms. The van der Waals surface area contributed by atoms with Gasteiger partial charge in [0.15, 0.2) is 0 Å². The molecular formula is C15H21N. The SMILES string of the molecule is Cc1ccc(C2(C)CC2CNC2CC2)cc1. The molecule has 2 unspecified atom stereocenters. The Morgan fingerprint density at radius 1 is 1.25 bits per heavy atom. The van der Waals surface area contributed by atoms with Gasteiger partial charge < -0.3 is 5.32 Å². The normalized spacial score (nSPS) is 32.8. The Labute approximate surface area is 98.3 Å². The fourth-order valence-electron chi connectivity index (χ4n) is 2.63. The second-order valence-corrected chi connectivity index (χ2v) is 5.87. The van der Waals surface area contributed by atoms with E-state index in [1.54, 1.807) is 0 Å². The van der Waals surface area contributed by atoms with Crippen LogP contribution in [-0.2, 0) is 5.41 Å². The van der Waals surface area contributed by atoms with E-state index in [4.69, 9.17) is 0 Å². The van der Waals surface area contributed by atoms with Crippen LogP contribution < -0.4 is 5.32 Å². The molecule has 2 saturated carbocycles. The molecule has 1 aromatic carbocycles. The Morgan fingerprint density at radius 2 is 1.94 bits per heavy atom. The summed E-state index contributed by atoms with van der Waals surface area (Å²) in [7, 11) is 0. The van der Waals surface area contributed by atoms with E-state index < -0.39 is 0 Å². The molecule has 1 heteroatoms. The van der Waals surface area contributed by atoms with Crippen LogP contribution in [0.1, 0.15) is 37.3 Å². The number of aryl methyl sites for hydroxylation is 1. The number of nitrogens with one attached hydrogen (secondary N) is 1. The Bertz CT molecular complexity index is 377. The highest BCUT2D eigenvalue weighted by Crippen LogP contribution is 2.53. The zero-order valence-corrected chi connectivity index (χ0v) is 10.3. The summed E-state index contributed by atoms with van der Waals surface area (Å²) in [6.45, 7) is 5.79. The van der Waals surface area contributed by atoms with Gasteiger partial charge >= 0.3 is 0 Å². The Morgan fingerprint density at radius 3 is 2.56 bits per heavy atom. The second-order valence-electron chi connectivity index (χ2n) is 5.87. The van der Waals surface area contributed by atoms with Crippen molar-refractivity contribution in [3.8, 4) is 0 Å². The predicted molar refractivity (Wildman–Crippen MR) is 67.7 cm³/mol. The van der Waals surface area contributed by atoms with Gasteiger partial charge in [0.05, 0.1) is 0 Å². The molecule has 16 heavy (non-hydrogen) atoms. The van der Waals surface area contributed by atoms with E-state index in [0.717, 1.165) is 12.0 Å².